The number of ketones is 1. The van der Waals surface area contributed by atoms with Gasteiger partial charge in [0.15, 0.2) is 5.78 Å². The van der Waals surface area contributed by atoms with Crippen molar-refractivity contribution in [2.45, 2.75) is 112 Å². The summed E-state index contributed by atoms with van der Waals surface area (Å²) in [4.78, 5) is 19.1. The number of unbranched alkanes of at least 4 members (excludes halogenated alkanes) is 5. The minimum atomic E-state index is 0.0151. The van der Waals surface area contributed by atoms with Crippen LogP contribution in [0, 0.1) is 0 Å². The molecule has 46 heavy (non-hydrogen) atoms. The first-order valence-corrected chi connectivity index (χ1v) is 18.6. The van der Waals surface area contributed by atoms with Gasteiger partial charge in [-0.25, -0.2) is 0 Å². The van der Waals surface area contributed by atoms with E-state index < -0.39 is 0 Å². The number of aryl methyl sites for hydroxylation is 1. The summed E-state index contributed by atoms with van der Waals surface area (Å²) in [5, 5.41) is 4.52. The predicted molar refractivity (Wildman–Crippen MR) is 196 cm³/mol. The molecule has 0 atom stereocenters. The molecule has 0 aliphatic rings. The van der Waals surface area contributed by atoms with E-state index in [1.54, 1.807) is 0 Å². The van der Waals surface area contributed by atoms with Crippen LogP contribution in [0.3, 0.4) is 0 Å². The van der Waals surface area contributed by atoms with E-state index >= 15 is 0 Å². The van der Waals surface area contributed by atoms with Crippen molar-refractivity contribution in [1.29, 1.82) is 0 Å². The van der Waals surface area contributed by atoms with E-state index in [0.29, 0.717) is 17.7 Å². The molecule has 6 nitrogen and oxygen atoms in total. The Morgan fingerprint density at radius 2 is 1.26 bits per heavy atom. The van der Waals surface area contributed by atoms with Gasteiger partial charge >= 0.3 is 0 Å². The number of furan rings is 1. The first-order valence-electron chi connectivity index (χ1n) is 18.6. The summed E-state index contributed by atoms with van der Waals surface area (Å²) in [6.07, 6.45) is 13.7. The van der Waals surface area contributed by atoms with E-state index in [1.807, 2.05) is 30.3 Å². The summed E-state index contributed by atoms with van der Waals surface area (Å²) in [5.41, 5.74) is 3.17. The van der Waals surface area contributed by atoms with Crippen LogP contribution in [-0.4, -0.2) is 68.0 Å². The fourth-order valence-corrected chi connectivity index (χ4v) is 5.90. The number of anilines is 1. The number of hydrogen-bond donors (Lipinski definition) is 1. The second kappa shape index (κ2) is 21.9. The Bertz CT molecular complexity index is 1240. The molecule has 3 rings (SSSR count). The van der Waals surface area contributed by atoms with E-state index in [9.17, 15) is 4.79 Å². The van der Waals surface area contributed by atoms with Crippen LogP contribution in [0.4, 0.5) is 5.69 Å². The number of benzene rings is 2. The number of rotatable bonds is 26. The summed E-state index contributed by atoms with van der Waals surface area (Å²) in [5.74, 6) is 1.62. The van der Waals surface area contributed by atoms with Crippen molar-refractivity contribution in [2.75, 3.05) is 57.7 Å². The van der Waals surface area contributed by atoms with E-state index in [0.717, 1.165) is 86.6 Å². The van der Waals surface area contributed by atoms with Crippen LogP contribution in [0.1, 0.15) is 127 Å². The second-order valence-corrected chi connectivity index (χ2v) is 12.8. The largest absolute Gasteiger partial charge is 0.494 e. The topological polar surface area (TPSA) is 58.0 Å². The van der Waals surface area contributed by atoms with Crippen LogP contribution < -0.4 is 10.1 Å². The molecule has 0 saturated carbocycles. The monoisotopic (exact) mass is 633 g/mol. The lowest BCUT2D eigenvalue weighted by atomic mass is 9.98. The smallest absolute Gasteiger partial charge is 0.197 e. The first-order chi connectivity index (χ1) is 22.5. The van der Waals surface area contributed by atoms with Gasteiger partial charge < -0.3 is 24.3 Å². The normalized spacial score (nSPS) is 11.6. The van der Waals surface area contributed by atoms with Crippen molar-refractivity contribution in [2.24, 2.45) is 0 Å². The highest BCUT2D eigenvalue weighted by atomic mass is 16.5. The van der Waals surface area contributed by atoms with Crippen LogP contribution in [0.2, 0.25) is 0 Å². The third kappa shape index (κ3) is 12.4. The maximum atomic E-state index is 14.0. The Morgan fingerprint density at radius 3 is 1.85 bits per heavy atom. The van der Waals surface area contributed by atoms with Gasteiger partial charge in [0.1, 0.15) is 17.1 Å². The van der Waals surface area contributed by atoms with Crippen molar-refractivity contribution in [1.82, 2.24) is 9.80 Å². The van der Waals surface area contributed by atoms with Gasteiger partial charge in [0.25, 0.3) is 0 Å². The van der Waals surface area contributed by atoms with E-state index in [4.69, 9.17) is 9.15 Å². The van der Waals surface area contributed by atoms with Crippen LogP contribution in [0.5, 0.6) is 5.75 Å². The minimum Gasteiger partial charge on any atom is -0.494 e. The summed E-state index contributed by atoms with van der Waals surface area (Å²) in [6.45, 7) is 19.5. The summed E-state index contributed by atoms with van der Waals surface area (Å²) >= 11 is 0. The number of ether oxygens (including phenoxy) is 1. The molecule has 1 aromatic heterocycles. The molecule has 0 aliphatic carbocycles. The predicted octanol–water partition coefficient (Wildman–Crippen LogP) is 9.99. The fourth-order valence-electron chi connectivity index (χ4n) is 5.90. The molecule has 0 radical (unpaired) electrons. The molecule has 1 heterocycles. The Morgan fingerprint density at radius 1 is 0.696 bits per heavy atom. The molecule has 0 fully saturated rings. The maximum Gasteiger partial charge on any atom is 0.197 e. The van der Waals surface area contributed by atoms with Gasteiger partial charge in [0, 0.05) is 42.7 Å². The van der Waals surface area contributed by atoms with Crippen LogP contribution in [0.15, 0.2) is 46.9 Å². The number of nitrogens with one attached hydrogen (secondary N) is 1. The van der Waals surface area contributed by atoms with Crippen molar-refractivity contribution in [3.8, 4) is 5.75 Å². The quantitative estimate of drug-likeness (QED) is 0.0701. The lowest BCUT2D eigenvalue weighted by Gasteiger charge is -2.22. The molecule has 256 valence electrons. The average molecular weight is 634 g/mol. The number of carbonyl (C=O) groups excluding carboxylic acids is 1. The van der Waals surface area contributed by atoms with Crippen LogP contribution in [0.25, 0.3) is 11.0 Å². The molecule has 0 saturated heterocycles. The molecule has 6 heteroatoms. The van der Waals surface area contributed by atoms with Gasteiger partial charge in [-0.15, -0.1) is 0 Å². The zero-order valence-electron chi connectivity index (χ0n) is 29.8. The Labute approximate surface area is 280 Å². The van der Waals surface area contributed by atoms with Gasteiger partial charge in [-0.1, -0.05) is 66.7 Å². The Balaban J connectivity index is 1.67. The zero-order valence-corrected chi connectivity index (χ0v) is 29.8. The molecule has 0 spiro atoms. The Hall–Kier alpha value is -2.83. The number of carbonyl (C=O) groups is 1. The van der Waals surface area contributed by atoms with Crippen molar-refractivity contribution < 1.29 is 13.9 Å². The Kier molecular flexibility index (Phi) is 17.9. The zero-order chi connectivity index (χ0) is 33.0. The average Bonchev–Trinajstić information content (AvgIpc) is 3.44. The maximum absolute atomic E-state index is 14.0. The molecule has 1 N–H and O–H groups in total. The molecule has 0 aliphatic heterocycles. The highest BCUT2D eigenvalue weighted by Crippen LogP contribution is 2.32. The molecule has 3 aromatic rings. The third-order valence-electron chi connectivity index (χ3n) is 8.82. The first kappa shape index (κ1) is 37.6. The van der Waals surface area contributed by atoms with Crippen LogP contribution in [-0.2, 0) is 6.42 Å². The van der Waals surface area contributed by atoms with Gasteiger partial charge in [-0.3, -0.25) is 4.79 Å². The fraction of sp³-hybridized carbons (Fsp3) is 0.625. The number of nitrogens with zero attached hydrogens (tertiary/aromatic N) is 2. The summed E-state index contributed by atoms with van der Waals surface area (Å²) in [6, 6.07) is 13.9. The van der Waals surface area contributed by atoms with E-state index in [-0.39, 0.29) is 5.78 Å². The van der Waals surface area contributed by atoms with Gasteiger partial charge in [-0.05, 0) is 107 Å². The van der Waals surface area contributed by atoms with Crippen LogP contribution >= 0.6 is 0 Å². The molecular formula is C40H63N3O3. The third-order valence-corrected chi connectivity index (χ3v) is 8.82. The minimum absolute atomic E-state index is 0.0151. The van der Waals surface area contributed by atoms with Gasteiger partial charge in [-0.2, -0.15) is 0 Å². The number of hydrogen-bond acceptors (Lipinski definition) is 6. The van der Waals surface area contributed by atoms with Gasteiger partial charge in [0.2, 0.25) is 0 Å². The lowest BCUT2D eigenvalue weighted by molar-refractivity contribution is 0.103. The van der Waals surface area contributed by atoms with E-state index in [1.165, 1.54) is 64.5 Å². The lowest BCUT2D eigenvalue weighted by Crippen LogP contribution is -2.31. The second-order valence-electron chi connectivity index (χ2n) is 12.8. The molecular weight excluding hydrogens is 570 g/mol. The summed E-state index contributed by atoms with van der Waals surface area (Å²) in [7, 11) is 0. The van der Waals surface area contributed by atoms with Crippen molar-refractivity contribution in [3.63, 3.8) is 0 Å². The molecule has 0 amide bonds. The SMILES string of the molecule is CCCCc1oc2ccc(NCCN(CCCC)CCCC)cc2c1C(=O)c1ccc(OCCCN(CCCC)CCCC)cc1. The summed E-state index contributed by atoms with van der Waals surface area (Å²) < 4.78 is 12.4. The van der Waals surface area contributed by atoms with Gasteiger partial charge in [0.05, 0.1) is 12.2 Å². The highest BCUT2D eigenvalue weighted by molar-refractivity contribution is 6.17. The molecule has 0 unspecified atom stereocenters. The number of fused-ring (bicyclic) bond motifs is 1. The molecule has 0 bridgehead atoms. The van der Waals surface area contributed by atoms with Crippen molar-refractivity contribution >= 4 is 22.4 Å². The molecule has 2 aromatic carbocycles. The highest BCUT2D eigenvalue weighted by Gasteiger charge is 2.22. The van der Waals surface area contributed by atoms with Crippen molar-refractivity contribution in [3.05, 3.63) is 59.4 Å². The standard InChI is InChI=1S/C40H63N3O3/c1-6-11-17-38-39(36-32-34(20-23-37(36)46-38)41-24-30-43(27-14-9-4)28-15-10-5)40(44)33-18-21-35(22-19-33)45-31-16-29-42(25-12-7-2)26-13-8-3/h18-23,32,41H,6-17,24-31H2,1-5H3. The van der Waals surface area contributed by atoms with E-state index in [2.05, 4.69) is 61.9 Å².